The van der Waals surface area contributed by atoms with E-state index >= 15 is 0 Å². The molecular weight excluding hydrogens is 423 g/mol. The molecule has 1 saturated carbocycles. The second kappa shape index (κ2) is 12.2. The summed E-state index contributed by atoms with van der Waals surface area (Å²) in [5, 5.41) is 3.14. The number of methoxy groups -OCH3 is 1. The van der Waals surface area contributed by atoms with Gasteiger partial charge in [-0.05, 0) is 49.1 Å². The van der Waals surface area contributed by atoms with Crippen LogP contribution in [0.1, 0.15) is 51.0 Å². The van der Waals surface area contributed by atoms with Crippen molar-refractivity contribution in [3.8, 4) is 11.5 Å². The van der Waals surface area contributed by atoms with Crippen LogP contribution >= 0.6 is 0 Å². The molecule has 2 aromatic carbocycles. The molecule has 6 nitrogen and oxygen atoms in total. The van der Waals surface area contributed by atoms with Crippen molar-refractivity contribution in [2.75, 3.05) is 13.7 Å². The van der Waals surface area contributed by atoms with Crippen molar-refractivity contribution in [2.24, 2.45) is 0 Å². The van der Waals surface area contributed by atoms with Gasteiger partial charge in [-0.25, -0.2) is 4.39 Å². The molecule has 1 aliphatic rings. The lowest BCUT2D eigenvalue weighted by atomic mass is 9.95. The Bertz CT molecular complexity index is 913. The van der Waals surface area contributed by atoms with Gasteiger partial charge in [-0.2, -0.15) is 0 Å². The first-order chi connectivity index (χ1) is 16.0. The highest BCUT2D eigenvalue weighted by Crippen LogP contribution is 2.26. The van der Waals surface area contributed by atoms with Crippen LogP contribution in [-0.4, -0.2) is 42.5 Å². The van der Waals surface area contributed by atoms with Gasteiger partial charge in [0.05, 0.1) is 7.11 Å². The molecule has 1 aliphatic carbocycles. The summed E-state index contributed by atoms with van der Waals surface area (Å²) >= 11 is 0. The molecule has 0 radical (unpaired) electrons. The van der Waals surface area contributed by atoms with Gasteiger partial charge in [0.1, 0.15) is 11.9 Å². The fraction of sp³-hybridized carbons (Fsp3) is 0.462. The van der Waals surface area contributed by atoms with Gasteiger partial charge in [0.15, 0.2) is 18.1 Å². The average Bonchev–Trinajstić information content (AvgIpc) is 2.84. The lowest BCUT2D eigenvalue weighted by Gasteiger charge is -2.32. The smallest absolute Gasteiger partial charge is 0.261 e. The van der Waals surface area contributed by atoms with E-state index in [4.69, 9.17) is 9.47 Å². The van der Waals surface area contributed by atoms with E-state index in [0.717, 1.165) is 31.2 Å². The lowest BCUT2D eigenvalue weighted by Crippen LogP contribution is -2.52. The maximum absolute atomic E-state index is 13.4. The molecule has 0 saturated heterocycles. The number of halogens is 1. The monoisotopic (exact) mass is 456 g/mol. The minimum absolute atomic E-state index is 0.146. The molecule has 1 fully saturated rings. The summed E-state index contributed by atoms with van der Waals surface area (Å²) in [4.78, 5) is 28.0. The molecule has 0 bridgehead atoms. The van der Waals surface area contributed by atoms with E-state index in [2.05, 4.69) is 5.32 Å². The van der Waals surface area contributed by atoms with Gasteiger partial charge in [0.2, 0.25) is 5.91 Å². The number of rotatable bonds is 10. The zero-order valence-corrected chi connectivity index (χ0v) is 19.4. The third-order valence-corrected chi connectivity index (χ3v) is 6.02. The summed E-state index contributed by atoms with van der Waals surface area (Å²) in [5.41, 5.74) is 0.742. The van der Waals surface area contributed by atoms with Crippen molar-refractivity contribution >= 4 is 11.8 Å². The Morgan fingerprint density at radius 1 is 1.06 bits per heavy atom. The molecule has 178 valence electrons. The van der Waals surface area contributed by atoms with Crippen LogP contribution in [0.4, 0.5) is 4.39 Å². The minimum atomic E-state index is -0.647. The van der Waals surface area contributed by atoms with Crippen LogP contribution in [0.15, 0.2) is 48.5 Å². The maximum Gasteiger partial charge on any atom is 0.261 e. The number of carbonyl (C=O) groups is 2. The molecule has 7 heteroatoms. The zero-order valence-electron chi connectivity index (χ0n) is 19.4. The second-order valence-electron chi connectivity index (χ2n) is 8.36. The molecule has 0 heterocycles. The van der Waals surface area contributed by atoms with E-state index in [1.165, 1.54) is 30.6 Å². The van der Waals surface area contributed by atoms with Crippen LogP contribution in [-0.2, 0) is 16.1 Å². The fourth-order valence-corrected chi connectivity index (χ4v) is 4.21. The topological polar surface area (TPSA) is 67.9 Å². The lowest BCUT2D eigenvalue weighted by molar-refractivity contribution is -0.143. The molecule has 0 spiro atoms. The van der Waals surface area contributed by atoms with Gasteiger partial charge in [0.25, 0.3) is 5.91 Å². The van der Waals surface area contributed by atoms with E-state index in [9.17, 15) is 14.0 Å². The fourth-order valence-electron chi connectivity index (χ4n) is 4.21. The summed E-state index contributed by atoms with van der Waals surface area (Å²) in [7, 11) is 1.54. The molecule has 2 aromatic rings. The molecule has 0 aromatic heterocycles. The molecule has 33 heavy (non-hydrogen) atoms. The largest absolute Gasteiger partial charge is 0.493 e. The molecule has 1 atom stereocenters. The van der Waals surface area contributed by atoms with E-state index in [0.29, 0.717) is 17.9 Å². The van der Waals surface area contributed by atoms with Crippen molar-refractivity contribution in [1.29, 1.82) is 0 Å². The predicted octanol–water partition coefficient (Wildman–Crippen LogP) is 4.47. The molecule has 0 aliphatic heterocycles. The summed E-state index contributed by atoms with van der Waals surface area (Å²) in [6.45, 7) is 1.83. The van der Waals surface area contributed by atoms with Crippen LogP contribution in [0.3, 0.4) is 0 Å². The Morgan fingerprint density at radius 3 is 2.36 bits per heavy atom. The van der Waals surface area contributed by atoms with Gasteiger partial charge < -0.3 is 19.7 Å². The number of nitrogens with one attached hydrogen (secondary N) is 1. The SMILES string of the molecule is CC[C@H](C(=O)NC1CCCCC1)N(Cc1ccc(F)cc1)C(=O)COc1ccccc1OC. The molecule has 3 rings (SSSR count). The standard InChI is InChI=1S/C26H33FN2O4/c1-3-22(26(31)28-21-9-5-4-6-10-21)29(17-19-13-15-20(27)16-14-19)25(30)18-33-24-12-8-7-11-23(24)32-2/h7-8,11-16,21-22H,3-6,9-10,17-18H2,1-2H3,(H,28,31)/t22-/m1/s1. The second-order valence-corrected chi connectivity index (χ2v) is 8.36. The van der Waals surface area contributed by atoms with Gasteiger partial charge in [-0.15, -0.1) is 0 Å². The van der Waals surface area contributed by atoms with E-state index in [1.54, 1.807) is 30.3 Å². The van der Waals surface area contributed by atoms with E-state index < -0.39 is 6.04 Å². The number of hydrogen-bond acceptors (Lipinski definition) is 4. The normalized spacial score (nSPS) is 14.9. The van der Waals surface area contributed by atoms with Crippen LogP contribution in [0.2, 0.25) is 0 Å². The Morgan fingerprint density at radius 2 is 1.73 bits per heavy atom. The van der Waals surface area contributed by atoms with Gasteiger partial charge in [-0.1, -0.05) is 50.5 Å². The maximum atomic E-state index is 13.4. The van der Waals surface area contributed by atoms with Gasteiger partial charge >= 0.3 is 0 Å². The molecular formula is C26H33FN2O4. The molecule has 2 amide bonds. The Hall–Kier alpha value is -3.09. The van der Waals surface area contributed by atoms with Crippen molar-refractivity contribution in [2.45, 2.75) is 64.1 Å². The average molecular weight is 457 g/mol. The van der Waals surface area contributed by atoms with Crippen LogP contribution < -0.4 is 14.8 Å². The summed E-state index contributed by atoms with van der Waals surface area (Å²) in [5.74, 6) is 0.151. The highest BCUT2D eigenvalue weighted by atomic mass is 19.1. The number of carbonyl (C=O) groups excluding carboxylic acids is 2. The van der Waals surface area contributed by atoms with Crippen LogP contribution in [0.5, 0.6) is 11.5 Å². The predicted molar refractivity (Wildman–Crippen MR) is 125 cm³/mol. The number of benzene rings is 2. The number of hydrogen-bond donors (Lipinski definition) is 1. The number of nitrogens with zero attached hydrogens (tertiary/aromatic N) is 1. The van der Waals surface area contributed by atoms with Gasteiger partial charge in [-0.3, -0.25) is 9.59 Å². The van der Waals surface area contributed by atoms with Crippen LogP contribution in [0.25, 0.3) is 0 Å². The minimum Gasteiger partial charge on any atom is -0.493 e. The van der Waals surface area contributed by atoms with Crippen molar-refractivity contribution in [1.82, 2.24) is 10.2 Å². The Balaban J connectivity index is 1.76. The molecule has 0 unspecified atom stereocenters. The third-order valence-electron chi connectivity index (χ3n) is 6.02. The summed E-state index contributed by atoms with van der Waals surface area (Å²) in [6.07, 6.45) is 5.79. The Kier molecular flexibility index (Phi) is 9.10. The van der Waals surface area contributed by atoms with Gasteiger partial charge in [0, 0.05) is 12.6 Å². The third kappa shape index (κ3) is 6.94. The highest BCUT2D eigenvalue weighted by Gasteiger charge is 2.30. The first-order valence-electron chi connectivity index (χ1n) is 11.6. The zero-order chi connectivity index (χ0) is 23.6. The quantitative estimate of drug-likeness (QED) is 0.573. The van der Waals surface area contributed by atoms with Crippen molar-refractivity contribution in [3.63, 3.8) is 0 Å². The first kappa shape index (κ1) is 24.6. The molecule has 1 N–H and O–H groups in total. The van der Waals surface area contributed by atoms with Crippen LogP contribution in [0, 0.1) is 5.82 Å². The number of para-hydroxylation sites is 2. The summed E-state index contributed by atoms with van der Waals surface area (Å²) < 4.78 is 24.4. The van der Waals surface area contributed by atoms with Crippen molar-refractivity contribution in [3.05, 3.63) is 59.9 Å². The first-order valence-corrected chi connectivity index (χ1v) is 11.6. The number of ether oxygens (including phenoxy) is 2. The van der Waals surface area contributed by atoms with E-state index in [1.807, 2.05) is 13.0 Å². The van der Waals surface area contributed by atoms with Crippen molar-refractivity contribution < 1.29 is 23.5 Å². The Labute approximate surface area is 195 Å². The summed E-state index contributed by atoms with van der Waals surface area (Å²) in [6, 6.07) is 12.6. The highest BCUT2D eigenvalue weighted by molar-refractivity contribution is 5.88. The van der Waals surface area contributed by atoms with E-state index in [-0.39, 0.29) is 36.8 Å². The number of amides is 2.